The van der Waals surface area contributed by atoms with Crippen molar-refractivity contribution in [2.45, 2.75) is 38.4 Å². The molecule has 0 radical (unpaired) electrons. The van der Waals surface area contributed by atoms with E-state index in [0.717, 1.165) is 0 Å². The van der Waals surface area contributed by atoms with E-state index in [1.54, 1.807) is 18.2 Å². The number of H-pyrrole nitrogens is 1. The molecule has 12 heteroatoms. The van der Waals surface area contributed by atoms with Crippen molar-refractivity contribution in [3.63, 3.8) is 0 Å². The Hall–Kier alpha value is -2.60. The fourth-order valence-corrected chi connectivity index (χ4v) is 3.62. The Labute approximate surface area is 171 Å². The number of carbonyl (C=O) groups is 1. The first-order chi connectivity index (χ1) is 13.8. The Kier molecular flexibility index (Phi) is 6.42. The van der Waals surface area contributed by atoms with Gasteiger partial charge in [0.1, 0.15) is 0 Å². The number of carbonyl (C=O) groups excluding carboxylic acids is 1. The van der Waals surface area contributed by atoms with Crippen LogP contribution in [-0.2, 0) is 17.5 Å². The number of nitrogens with one attached hydrogen (secondary N) is 2. The molecule has 0 saturated heterocycles. The average molecular weight is 443 g/mol. The summed E-state index contributed by atoms with van der Waals surface area (Å²) in [5, 5.41) is 7.89. The molecule has 0 aliphatic rings. The maximum Gasteiger partial charge on any atom is 0.445 e. The summed E-state index contributed by atoms with van der Waals surface area (Å²) in [6.45, 7) is 0.409. The summed E-state index contributed by atoms with van der Waals surface area (Å²) in [5.41, 5.74) is 0.514. The maximum atomic E-state index is 12.5. The van der Waals surface area contributed by atoms with Crippen LogP contribution in [0.5, 0.6) is 0 Å². The number of hydrogen-bond donors (Lipinski definition) is 2. The summed E-state index contributed by atoms with van der Waals surface area (Å²) >= 11 is 5.52. The van der Waals surface area contributed by atoms with E-state index < -0.39 is 17.1 Å². The van der Waals surface area contributed by atoms with Crippen LogP contribution in [0.3, 0.4) is 0 Å². The highest BCUT2D eigenvalue weighted by Crippen LogP contribution is 2.33. The van der Waals surface area contributed by atoms with Crippen LogP contribution in [0.1, 0.15) is 30.7 Å². The number of hydrogen-bond acceptors (Lipinski definition) is 6. The van der Waals surface area contributed by atoms with Crippen LogP contribution in [0.15, 0.2) is 29.1 Å². The van der Waals surface area contributed by atoms with Crippen molar-refractivity contribution < 1.29 is 18.0 Å². The van der Waals surface area contributed by atoms with Crippen molar-refractivity contribution >= 4 is 45.5 Å². The number of aromatic amines is 1. The first-order valence-corrected chi connectivity index (χ1v) is 9.90. The molecule has 0 aliphatic carbocycles. The fourth-order valence-electron chi connectivity index (χ4n) is 2.70. The van der Waals surface area contributed by atoms with Crippen LogP contribution in [0.2, 0.25) is 0 Å². The van der Waals surface area contributed by atoms with Crippen LogP contribution in [-0.4, -0.2) is 25.7 Å². The Morgan fingerprint density at radius 3 is 2.69 bits per heavy atom. The highest BCUT2D eigenvalue weighted by Gasteiger charge is 2.35. The van der Waals surface area contributed by atoms with Gasteiger partial charge < -0.3 is 10.3 Å². The normalized spacial score (nSPS) is 11.7. The molecule has 0 aliphatic heterocycles. The zero-order valence-corrected chi connectivity index (χ0v) is 16.6. The van der Waals surface area contributed by atoms with Crippen LogP contribution in [0, 0.1) is 4.77 Å². The van der Waals surface area contributed by atoms with Crippen LogP contribution < -0.4 is 10.9 Å². The van der Waals surface area contributed by atoms with Gasteiger partial charge in [0.2, 0.25) is 16.0 Å². The molecule has 29 heavy (non-hydrogen) atoms. The zero-order chi connectivity index (χ0) is 21.0. The minimum atomic E-state index is -4.58. The van der Waals surface area contributed by atoms with Gasteiger partial charge in [-0.05, 0) is 37.2 Å². The first kappa shape index (κ1) is 21.1. The zero-order valence-electron chi connectivity index (χ0n) is 15.0. The second-order valence-corrected chi connectivity index (χ2v) is 7.57. The summed E-state index contributed by atoms with van der Waals surface area (Å²) in [6.07, 6.45) is -2.68. The van der Waals surface area contributed by atoms with E-state index in [-0.39, 0.29) is 28.4 Å². The Balaban J connectivity index is 1.47. The van der Waals surface area contributed by atoms with Gasteiger partial charge in [0.15, 0.2) is 4.77 Å². The van der Waals surface area contributed by atoms with Crippen molar-refractivity contribution in [2.75, 3.05) is 5.32 Å². The topological polar surface area (TPSA) is 92.7 Å². The number of para-hydroxylation sites is 1. The number of nitrogens with zero attached hydrogens (tertiary/aromatic N) is 3. The molecule has 0 unspecified atom stereocenters. The molecule has 154 valence electrons. The van der Waals surface area contributed by atoms with Crippen molar-refractivity contribution in [1.82, 2.24) is 19.7 Å². The maximum absolute atomic E-state index is 12.5. The summed E-state index contributed by atoms with van der Waals surface area (Å²) < 4.78 is 39.2. The molecular weight excluding hydrogens is 427 g/mol. The van der Waals surface area contributed by atoms with Crippen LogP contribution >= 0.6 is 23.6 Å². The third-order valence-corrected chi connectivity index (χ3v) is 5.29. The minimum absolute atomic E-state index is 0.125. The fraction of sp³-hybridized carbons (Fsp3) is 0.353. The molecule has 0 atom stereocenters. The average Bonchev–Trinajstić information content (AvgIpc) is 3.12. The van der Waals surface area contributed by atoms with Crippen LogP contribution in [0.25, 0.3) is 10.9 Å². The molecule has 0 spiro atoms. The van der Waals surface area contributed by atoms with E-state index >= 15 is 0 Å². The summed E-state index contributed by atoms with van der Waals surface area (Å²) in [4.78, 5) is 27.4. The van der Waals surface area contributed by atoms with E-state index in [0.29, 0.717) is 41.5 Å². The van der Waals surface area contributed by atoms with E-state index in [1.807, 2.05) is 6.07 Å². The van der Waals surface area contributed by atoms with E-state index in [4.69, 9.17) is 12.2 Å². The molecule has 2 N–H and O–H groups in total. The third kappa shape index (κ3) is 5.26. The summed E-state index contributed by atoms with van der Waals surface area (Å²) in [7, 11) is 0. The number of halogens is 3. The predicted molar refractivity (Wildman–Crippen MR) is 105 cm³/mol. The SMILES string of the molecule is O=C(CCCCCn1c(=S)[nH]c2ccccc2c1=O)Nc1nnc(C(F)(F)F)s1. The van der Waals surface area contributed by atoms with Crippen molar-refractivity contribution in [2.24, 2.45) is 0 Å². The molecule has 7 nitrogen and oxygen atoms in total. The van der Waals surface area contributed by atoms with Gasteiger partial charge in [0, 0.05) is 13.0 Å². The second-order valence-electron chi connectivity index (χ2n) is 6.20. The lowest BCUT2D eigenvalue weighted by Crippen LogP contribution is -2.22. The lowest BCUT2D eigenvalue weighted by molar-refractivity contribution is -0.138. The molecule has 3 aromatic rings. The summed E-state index contributed by atoms with van der Waals surface area (Å²) in [6, 6.07) is 7.10. The molecule has 0 saturated carbocycles. The largest absolute Gasteiger partial charge is 0.445 e. The van der Waals surface area contributed by atoms with Gasteiger partial charge in [0.05, 0.1) is 10.9 Å². The molecule has 3 rings (SSSR count). The van der Waals surface area contributed by atoms with Gasteiger partial charge in [-0.3, -0.25) is 14.2 Å². The van der Waals surface area contributed by atoms with Gasteiger partial charge in [-0.25, -0.2) is 0 Å². The van der Waals surface area contributed by atoms with Crippen molar-refractivity contribution in [3.05, 3.63) is 44.4 Å². The number of aromatic nitrogens is 4. The Bertz CT molecular complexity index is 1140. The molecule has 0 bridgehead atoms. The number of rotatable bonds is 7. The molecule has 2 heterocycles. The van der Waals surface area contributed by atoms with Gasteiger partial charge in [-0.15, -0.1) is 10.2 Å². The third-order valence-electron chi connectivity index (χ3n) is 4.09. The Morgan fingerprint density at radius 1 is 1.21 bits per heavy atom. The monoisotopic (exact) mass is 443 g/mol. The van der Waals surface area contributed by atoms with Crippen molar-refractivity contribution in [1.29, 1.82) is 0 Å². The molecule has 1 aromatic carbocycles. The molecular formula is C17H16F3N5O2S2. The number of fused-ring (bicyclic) bond motifs is 1. The number of amides is 1. The van der Waals surface area contributed by atoms with Gasteiger partial charge in [-0.2, -0.15) is 13.2 Å². The lowest BCUT2D eigenvalue weighted by atomic mass is 10.2. The van der Waals surface area contributed by atoms with Crippen molar-refractivity contribution in [3.8, 4) is 0 Å². The highest BCUT2D eigenvalue weighted by molar-refractivity contribution is 7.71. The number of alkyl halides is 3. The summed E-state index contributed by atoms with van der Waals surface area (Å²) in [5.74, 6) is -0.435. The second kappa shape index (κ2) is 8.82. The smallest absolute Gasteiger partial charge is 0.332 e. The number of unbranched alkanes of at least 4 members (excludes halogenated alkanes) is 2. The van der Waals surface area contributed by atoms with E-state index in [9.17, 15) is 22.8 Å². The Morgan fingerprint density at radius 2 is 1.97 bits per heavy atom. The van der Waals surface area contributed by atoms with Gasteiger partial charge in [-0.1, -0.05) is 29.9 Å². The highest BCUT2D eigenvalue weighted by atomic mass is 32.1. The number of benzene rings is 1. The quantitative estimate of drug-likeness (QED) is 0.423. The van der Waals surface area contributed by atoms with Gasteiger partial charge >= 0.3 is 6.18 Å². The first-order valence-electron chi connectivity index (χ1n) is 8.68. The molecule has 0 fully saturated rings. The number of anilines is 1. The van der Waals surface area contributed by atoms with E-state index in [1.165, 1.54) is 4.57 Å². The van der Waals surface area contributed by atoms with Gasteiger partial charge in [0.25, 0.3) is 5.56 Å². The molecule has 2 aromatic heterocycles. The predicted octanol–water partition coefficient (Wildman–Crippen LogP) is 4.13. The lowest BCUT2D eigenvalue weighted by Gasteiger charge is -2.08. The minimum Gasteiger partial charge on any atom is -0.332 e. The van der Waals surface area contributed by atoms with Crippen LogP contribution in [0.4, 0.5) is 18.3 Å². The molecule has 1 amide bonds. The van der Waals surface area contributed by atoms with E-state index in [2.05, 4.69) is 20.5 Å². The standard InChI is InChI=1S/C17H16F3N5O2S2/c18-17(19,20)14-23-24-15(29-14)22-12(26)8-2-1-5-9-25-13(27)10-6-3-4-7-11(10)21-16(25)28/h3-4,6-7H,1-2,5,8-9H2,(H,21,28)(H,22,24,26).